The molecule has 1 aliphatic rings. The molecular formula is C20H23FN4O2S. The first-order valence-corrected chi connectivity index (χ1v) is 10.2. The number of ether oxygens (including phenoxy) is 1. The number of nitrogens with zero attached hydrogens (tertiary/aromatic N) is 4. The lowest BCUT2D eigenvalue weighted by Gasteiger charge is -2.37. The third-order valence-corrected chi connectivity index (χ3v) is 5.98. The van der Waals surface area contributed by atoms with Gasteiger partial charge in [-0.25, -0.2) is 4.39 Å². The van der Waals surface area contributed by atoms with Crippen molar-refractivity contribution in [1.29, 1.82) is 0 Å². The number of hydrogen-bond donors (Lipinski definition) is 0. The zero-order valence-electron chi connectivity index (χ0n) is 16.0. The van der Waals surface area contributed by atoms with Gasteiger partial charge < -0.3 is 9.15 Å². The highest BCUT2D eigenvalue weighted by molar-refractivity contribution is 7.13. The van der Waals surface area contributed by atoms with E-state index >= 15 is 0 Å². The van der Waals surface area contributed by atoms with E-state index in [0.29, 0.717) is 18.3 Å². The number of thiophene rings is 1. The van der Waals surface area contributed by atoms with Gasteiger partial charge in [-0.05, 0) is 36.6 Å². The van der Waals surface area contributed by atoms with Gasteiger partial charge in [0, 0.05) is 38.3 Å². The van der Waals surface area contributed by atoms with Crippen LogP contribution in [0.25, 0.3) is 10.8 Å². The molecule has 1 aromatic carbocycles. The third kappa shape index (κ3) is 4.09. The lowest BCUT2D eigenvalue weighted by molar-refractivity contribution is 0.0871. The standard InChI is InChI=1S/C20H23FN4O2S/c1-14(19-22-23-20(27-19)18-4-3-11-28-18)25-9-7-24(8-10-25)13-15-12-16(21)5-6-17(15)26-2/h3-6,11-12,14H,7-10,13H2,1-2H3/t14-/m0/s1. The molecule has 0 unspecified atom stereocenters. The first-order valence-electron chi connectivity index (χ1n) is 9.30. The number of methoxy groups -OCH3 is 1. The SMILES string of the molecule is COc1ccc(F)cc1CN1CCN([C@@H](C)c2nnc(-c3cccs3)o2)CC1. The van der Waals surface area contributed by atoms with Crippen molar-refractivity contribution in [2.45, 2.75) is 19.5 Å². The number of rotatable bonds is 6. The van der Waals surface area contributed by atoms with Crippen LogP contribution in [0.5, 0.6) is 5.75 Å². The van der Waals surface area contributed by atoms with Crippen LogP contribution < -0.4 is 4.74 Å². The van der Waals surface area contributed by atoms with Gasteiger partial charge in [-0.15, -0.1) is 21.5 Å². The maximum Gasteiger partial charge on any atom is 0.257 e. The van der Waals surface area contributed by atoms with Crippen LogP contribution in [-0.4, -0.2) is 53.3 Å². The van der Waals surface area contributed by atoms with Crippen molar-refractivity contribution in [3.8, 4) is 16.5 Å². The molecule has 3 heterocycles. The molecule has 1 atom stereocenters. The average molecular weight is 402 g/mol. The van der Waals surface area contributed by atoms with E-state index in [1.165, 1.54) is 6.07 Å². The monoisotopic (exact) mass is 402 g/mol. The maximum absolute atomic E-state index is 13.6. The van der Waals surface area contributed by atoms with Gasteiger partial charge in [0.05, 0.1) is 18.0 Å². The molecular weight excluding hydrogens is 379 g/mol. The van der Waals surface area contributed by atoms with Crippen molar-refractivity contribution >= 4 is 11.3 Å². The van der Waals surface area contributed by atoms with Crippen LogP contribution in [0.2, 0.25) is 0 Å². The average Bonchev–Trinajstić information content (AvgIpc) is 3.40. The van der Waals surface area contributed by atoms with Gasteiger partial charge in [0.2, 0.25) is 5.89 Å². The maximum atomic E-state index is 13.6. The Morgan fingerprint density at radius 2 is 2.04 bits per heavy atom. The van der Waals surface area contributed by atoms with E-state index in [2.05, 4.69) is 26.9 Å². The van der Waals surface area contributed by atoms with Gasteiger partial charge in [-0.2, -0.15) is 0 Å². The summed E-state index contributed by atoms with van der Waals surface area (Å²) in [7, 11) is 1.62. The summed E-state index contributed by atoms with van der Waals surface area (Å²) < 4.78 is 24.8. The molecule has 1 saturated heterocycles. The molecule has 8 heteroatoms. The van der Waals surface area contributed by atoms with Gasteiger partial charge in [0.25, 0.3) is 5.89 Å². The molecule has 0 amide bonds. The first kappa shape index (κ1) is 19.0. The second kappa shape index (κ2) is 8.38. The number of halogens is 1. The largest absolute Gasteiger partial charge is 0.496 e. The first-order chi connectivity index (χ1) is 13.6. The van der Waals surface area contributed by atoms with E-state index in [-0.39, 0.29) is 11.9 Å². The van der Waals surface area contributed by atoms with Crippen LogP contribution in [-0.2, 0) is 6.54 Å². The van der Waals surface area contributed by atoms with Crippen LogP contribution in [0, 0.1) is 5.82 Å². The molecule has 148 valence electrons. The Kier molecular flexibility index (Phi) is 5.70. The predicted octanol–water partition coefficient (Wildman–Crippen LogP) is 3.82. The summed E-state index contributed by atoms with van der Waals surface area (Å²) >= 11 is 1.59. The molecule has 1 fully saturated rings. The minimum Gasteiger partial charge on any atom is -0.496 e. The molecule has 4 rings (SSSR count). The van der Waals surface area contributed by atoms with Crippen LogP contribution in [0.15, 0.2) is 40.1 Å². The second-order valence-electron chi connectivity index (χ2n) is 6.87. The summed E-state index contributed by atoms with van der Waals surface area (Å²) in [6, 6.07) is 8.68. The normalized spacial score (nSPS) is 17.0. The van der Waals surface area contributed by atoms with E-state index in [0.717, 1.165) is 42.4 Å². The van der Waals surface area contributed by atoms with E-state index < -0.39 is 0 Å². The number of hydrogen-bond acceptors (Lipinski definition) is 7. The van der Waals surface area contributed by atoms with E-state index in [9.17, 15) is 4.39 Å². The molecule has 2 aromatic heterocycles. The third-order valence-electron chi connectivity index (χ3n) is 5.12. The van der Waals surface area contributed by atoms with Gasteiger partial charge >= 0.3 is 0 Å². The summed E-state index contributed by atoms with van der Waals surface area (Å²) in [5, 5.41) is 10.4. The number of piperazine rings is 1. The van der Waals surface area contributed by atoms with Crippen LogP contribution in [0.1, 0.15) is 24.4 Å². The molecule has 0 aliphatic carbocycles. The Morgan fingerprint density at radius 3 is 2.75 bits per heavy atom. The molecule has 0 bridgehead atoms. The van der Waals surface area contributed by atoms with Crippen LogP contribution in [0.3, 0.4) is 0 Å². The predicted molar refractivity (Wildman–Crippen MR) is 106 cm³/mol. The Balaban J connectivity index is 1.36. The molecule has 1 aliphatic heterocycles. The van der Waals surface area contributed by atoms with Crippen LogP contribution in [0.4, 0.5) is 4.39 Å². The Labute approximate surface area is 167 Å². The Hall–Kier alpha value is -2.29. The highest BCUT2D eigenvalue weighted by Gasteiger charge is 2.26. The molecule has 0 radical (unpaired) electrons. The molecule has 28 heavy (non-hydrogen) atoms. The van der Waals surface area contributed by atoms with Crippen molar-refractivity contribution < 1.29 is 13.5 Å². The molecule has 0 N–H and O–H groups in total. The summed E-state index contributed by atoms with van der Waals surface area (Å²) in [6.45, 7) is 6.31. The zero-order chi connectivity index (χ0) is 19.5. The lowest BCUT2D eigenvalue weighted by atomic mass is 10.1. The minimum atomic E-state index is -0.235. The Bertz CT molecular complexity index is 907. The fraction of sp³-hybridized carbons (Fsp3) is 0.400. The van der Waals surface area contributed by atoms with Gasteiger partial charge in [-0.1, -0.05) is 6.07 Å². The highest BCUT2D eigenvalue weighted by Crippen LogP contribution is 2.28. The summed E-state index contributed by atoms with van der Waals surface area (Å²) in [6.07, 6.45) is 0. The van der Waals surface area contributed by atoms with Crippen molar-refractivity contribution in [2.75, 3.05) is 33.3 Å². The fourth-order valence-electron chi connectivity index (χ4n) is 3.48. The summed E-state index contributed by atoms with van der Waals surface area (Å²) in [4.78, 5) is 5.64. The number of benzene rings is 1. The van der Waals surface area contributed by atoms with Crippen molar-refractivity contribution in [1.82, 2.24) is 20.0 Å². The second-order valence-corrected chi connectivity index (χ2v) is 7.81. The van der Waals surface area contributed by atoms with E-state index in [1.54, 1.807) is 30.6 Å². The quantitative estimate of drug-likeness (QED) is 0.625. The van der Waals surface area contributed by atoms with Gasteiger partial charge in [0.1, 0.15) is 11.6 Å². The smallest absolute Gasteiger partial charge is 0.257 e. The number of aromatic nitrogens is 2. The fourth-order valence-corrected chi connectivity index (χ4v) is 4.12. The zero-order valence-corrected chi connectivity index (χ0v) is 16.8. The molecule has 6 nitrogen and oxygen atoms in total. The van der Waals surface area contributed by atoms with Gasteiger partial charge in [0.15, 0.2) is 0 Å². The van der Waals surface area contributed by atoms with E-state index in [1.807, 2.05) is 17.5 Å². The summed E-state index contributed by atoms with van der Waals surface area (Å²) in [5.74, 6) is 1.71. The lowest BCUT2D eigenvalue weighted by Crippen LogP contribution is -2.46. The topological polar surface area (TPSA) is 54.6 Å². The molecule has 0 saturated carbocycles. The van der Waals surface area contributed by atoms with Crippen molar-refractivity contribution in [3.05, 3.63) is 53.0 Å². The highest BCUT2D eigenvalue weighted by atomic mass is 32.1. The van der Waals surface area contributed by atoms with Gasteiger partial charge in [-0.3, -0.25) is 9.80 Å². The van der Waals surface area contributed by atoms with E-state index in [4.69, 9.17) is 9.15 Å². The Morgan fingerprint density at radius 1 is 1.21 bits per heavy atom. The summed E-state index contributed by atoms with van der Waals surface area (Å²) in [5.41, 5.74) is 0.876. The van der Waals surface area contributed by atoms with Crippen molar-refractivity contribution in [3.63, 3.8) is 0 Å². The molecule has 0 spiro atoms. The van der Waals surface area contributed by atoms with Crippen LogP contribution >= 0.6 is 11.3 Å². The minimum absolute atomic E-state index is 0.0621. The molecule has 3 aromatic rings. The van der Waals surface area contributed by atoms with Crippen molar-refractivity contribution in [2.24, 2.45) is 0 Å².